The smallest absolute Gasteiger partial charge is 0.128 e. The quantitative estimate of drug-likeness (QED) is 0.339. The number of benzene rings is 2. The number of aromatic amines is 2. The summed E-state index contributed by atoms with van der Waals surface area (Å²) in [5.74, 6) is 1.92. The van der Waals surface area contributed by atoms with Crippen LogP contribution < -0.4 is 10.6 Å². The van der Waals surface area contributed by atoms with Crippen LogP contribution in [0.3, 0.4) is 0 Å². The molecular formula is C26H22N8. The van der Waals surface area contributed by atoms with Gasteiger partial charge in [0.05, 0.1) is 36.9 Å². The molecule has 34 heavy (non-hydrogen) atoms. The Hall–Kier alpha value is -4.46. The molecule has 0 bridgehead atoms. The number of hydrogen-bond donors (Lipinski definition) is 4. The topological polar surface area (TPSA) is 106 Å². The van der Waals surface area contributed by atoms with Gasteiger partial charge in [0.2, 0.25) is 0 Å². The molecule has 3 aromatic heterocycles. The molecule has 8 heteroatoms. The van der Waals surface area contributed by atoms with E-state index in [0.717, 1.165) is 93.3 Å². The number of rotatable bonds is 4. The summed E-state index contributed by atoms with van der Waals surface area (Å²) < 4.78 is 0. The van der Waals surface area contributed by atoms with E-state index in [2.05, 4.69) is 67.0 Å². The average Bonchev–Trinajstić information content (AvgIpc) is 3.69. The molecule has 7 rings (SSSR count). The first-order valence-electron chi connectivity index (χ1n) is 11.5. The normalized spacial score (nSPS) is 15.4. The molecule has 2 aliphatic rings. The lowest BCUT2D eigenvalue weighted by Gasteiger charge is -2.05. The fourth-order valence-electron chi connectivity index (χ4n) is 4.76. The fourth-order valence-corrected chi connectivity index (χ4v) is 4.76. The first-order valence-corrected chi connectivity index (χ1v) is 11.5. The van der Waals surface area contributed by atoms with Crippen LogP contribution in [0.2, 0.25) is 0 Å². The SMILES string of the molecule is c1cc2c(-c3cnc(-c4c[nH]c5cc(C6=NCCN6)ccc45)cn3)c[nH]c2cc1C1=NCCN1. The lowest BCUT2D eigenvalue weighted by molar-refractivity contribution is 0.960. The molecule has 0 saturated carbocycles. The van der Waals surface area contributed by atoms with Gasteiger partial charge < -0.3 is 20.6 Å². The molecule has 0 aliphatic carbocycles. The van der Waals surface area contributed by atoms with Gasteiger partial charge in [0, 0.05) is 69.5 Å². The van der Waals surface area contributed by atoms with Gasteiger partial charge in [0.15, 0.2) is 0 Å². The second kappa shape index (κ2) is 7.55. The van der Waals surface area contributed by atoms with E-state index in [1.54, 1.807) is 0 Å². The molecule has 8 nitrogen and oxygen atoms in total. The second-order valence-corrected chi connectivity index (χ2v) is 8.53. The van der Waals surface area contributed by atoms with Crippen LogP contribution in [0.25, 0.3) is 44.3 Å². The number of aliphatic imine (C=N–C) groups is 2. The van der Waals surface area contributed by atoms with Gasteiger partial charge in [-0.2, -0.15) is 0 Å². The van der Waals surface area contributed by atoms with Crippen molar-refractivity contribution in [1.29, 1.82) is 0 Å². The molecule has 4 N–H and O–H groups in total. The Morgan fingerprint density at radius 3 is 1.53 bits per heavy atom. The van der Waals surface area contributed by atoms with Gasteiger partial charge >= 0.3 is 0 Å². The number of aromatic nitrogens is 4. The van der Waals surface area contributed by atoms with Crippen LogP contribution >= 0.6 is 0 Å². The molecular weight excluding hydrogens is 424 g/mol. The molecule has 2 aromatic carbocycles. The van der Waals surface area contributed by atoms with Gasteiger partial charge in [-0.05, 0) is 12.1 Å². The van der Waals surface area contributed by atoms with Crippen LogP contribution in [0.4, 0.5) is 0 Å². The number of fused-ring (bicyclic) bond motifs is 2. The number of nitrogens with one attached hydrogen (secondary N) is 4. The Kier molecular flexibility index (Phi) is 4.23. The van der Waals surface area contributed by atoms with E-state index in [1.165, 1.54) is 0 Å². The Morgan fingerprint density at radius 2 is 1.12 bits per heavy atom. The highest BCUT2D eigenvalue weighted by molar-refractivity contribution is 6.05. The number of H-pyrrole nitrogens is 2. The van der Waals surface area contributed by atoms with Gasteiger partial charge in [0.25, 0.3) is 0 Å². The summed E-state index contributed by atoms with van der Waals surface area (Å²) in [6, 6.07) is 12.7. The van der Waals surface area contributed by atoms with Crippen molar-refractivity contribution in [2.45, 2.75) is 0 Å². The third-order valence-electron chi connectivity index (χ3n) is 6.46. The van der Waals surface area contributed by atoms with Crippen molar-refractivity contribution in [1.82, 2.24) is 30.6 Å². The number of amidine groups is 2. The summed E-state index contributed by atoms with van der Waals surface area (Å²) in [5, 5.41) is 8.89. The highest BCUT2D eigenvalue weighted by Gasteiger charge is 2.15. The molecule has 0 atom stereocenters. The van der Waals surface area contributed by atoms with Crippen molar-refractivity contribution < 1.29 is 0 Å². The monoisotopic (exact) mass is 446 g/mol. The third kappa shape index (κ3) is 3.07. The maximum absolute atomic E-state index is 4.75. The molecule has 5 heterocycles. The first-order chi connectivity index (χ1) is 16.8. The zero-order chi connectivity index (χ0) is 22.5. The molecule has 0 fully saturated rings. The second-order valence-electron chi connectivity index (χ2n) is 8.53. The Labute approximate surface area is 195 Å². The molecule has 0 radical (unpaired) electrons. The zero-order valence-electron chi connectivity index (χ0n) is 18.4. The van der Waals surface area contributed by atoms with Crippen LogP contribution in [-0.2, 0) is 0 Å². The van der Waals surface area contributed by atoms with Gasteiger partial charge in [-0.1, -0.05) is 24.3 Å². The molecule has 0 unspecified atom stereocenters. The minimum atomic E-state index is 0.829. The van der Waals surface area contributed by atoms with Gasteiger partial charge in [-0.3, -0.25) is 20.0 Å². The van der Waals surface area contributed by atoms with Gasteiger partial charge in [-0.25, -0.2) is 0 Å². The van der Waals surface area contributed by atoms with Crippen molar-refractivity contribution in [3.05, 3.63) is 72.3 Å². The summed E-state index contributed by atoms with van der Waals surface area (Å²) in [5.41, 5.74) is 8.06. The molecule has 0 spiro atoms. The molecule has 2 aliphatic heterocycles. The number of nitrogens with zero attached hydrogens (tertiary/aromatic N) is 4. The standard InChI is InChI=1S/C26H22N8/c1-3-17-19(11-31-21(17)9-15(1)25-27-5-6-28-25)23-13-34-24(14-33-23)20-12-32-22-10-16(2-4-18(20)22)26-29-7-8-30-26/h1-4,9-14,31-32H,5-8H2,(H,27,28)(H,29,30). The van der Waals surface area contributed by atoms with Crippen molar-refractivity contribution in [3.63, 3.8) is 0 Å². The average molecular weight is 447 g/mol. The third-order valence-corrected chi connectivity index (χ3v) is 6.46. The Balaban J connectivity index is 1.20. The largest absolute Gasteiger partial charge is 0.368 e. The fraction of sp³-hybridized carbons (Fsp3) is 0.154. The van der Waals surface area contributed by atoms with Crippen LogP contribution in [0.1, 0.15) is 11.1 Å². The summed E-state index contributed by atoms with van der Waals surface area (Å²) in [6.45, 7) is 3.45. The van der Waals surface area contributed by atoms with E-state index in [4.69, 9.17) is 9.97 Å². The summed E-state index contributed by atoms with van der Waals surface area (Å²) in [7, 11) is 0. The van der Waals surface area contributed by atoms with Crippen LogP contribution in [-0.4, -0.2) is 57.8 Å². The zero-order valence-corrected chi connectivity index (χ0v) is 18.4. The van der Waals surface area contributed by atoms with Crippen molar-refractivity contribution in [2.75, 3.05) is 26.2 Å². The van der Waals surface area contributed by atoms with Crippen LogP contribution in [0.15, 0.2) is 71.2 Å². The molecule has 0 amide bonds. The van der Waals surface area contributed by atoms with Crippen molar-refractivity contribution >= 4 is 33.5 Å². The maximum Gasteiger partial charge on any atom is 0.128 e. The Morgan fingerprint density at radius 1 is 0.618 bits per heavy atom. The lowest BCUT2D eigenvalue weighted by atomic mass is 10.1. The predicted octanol–water partition coefficient (Wildman–Crippen LogP) is 3.47. The first kappa shape index (κ1) is 19.0. The van der Waals surface area contributed by atoms with Crippen LogP contribution in [0, 0.1) is 0 Å². The van der Waals surface area contributed by atoms with Crippen molar-refractivity contribution in [3.8, 4) is 22.5 Å². The Bertz CT molecular complexity index is 1480. The van der Waals surface area contributed by atoms with Gasteiger partial charge in [0.1, 0.15) is 11.7 Å². The predicted molar refractivity (Wildman–Crippen MR) is 135 cm³/mol. The van der Waals surface area contributed by atoms with E-state index in [1.807, 2.05) is 24.8 Å². The summed E-state index contributed by atoms with van der Waals surface area (Å²) in [4.78, 5) is 25.3. The molecule has 5 aromatic rings. The summed E-state index contributed by atoms with van der Waals surface area (Å²) >= 11 is 0. The maximum atomic E-state index is 4.75. The van der Waals surface area contributed by atoms with Gasteiger partial charge in [-0.15, -0.1) is 0 Å². The van der Waals surface area contributed by atoms with E-state index < -0.39 is 0 Å². The van der Waals surface area contributed by atoms with Crippen LogP contribution in [0.5, 0.6) is 0 Å². The summed E-state index contributed by atoms with van der Waals surface area (Å²) in [6.07, 6.45) is 7.68. The van der Waals surface area contributed by atoms with E-state index in [-0.39, 0.29) is 0 Å². The van der Waals surface area contributed by atoms with Crippen molar-refractivity contribution in [2.24, 2.45) is 9.98 Å². The van der Waals surface area contributed by atoms with E-state index >= 15 is 0 Å². The minimum Gasteiger partial charge on any atom is -0.368 e. The molecule has 0 saturated heterocycles. The highest BCUT2D eigenvalue weighted by Crippen LogP contribution is 2.31. The van der Waals surface area contributed by atoms with E-state index in [9.17, 15) is 0 Å². The highest BCUT2D eigenvalue weighted by atomic mass is 15.1. The lowest BCUT2D eigenvalue weighted by Crippen LogP contribution is -2.19. The van der Waals surface area contributed by atoms with E-state index in [0.29, 0.717) is 0 Å². The minimum absolute atomic E-state index is 0.829. The number of hydrogen-bond acceptors (Lipinski definition) is 6. The molecule has 166 valence electrons.